The summed E-state index contributed by atoms with van der Waals surface area (Å²) < 4.78 is 32.7. The number of amides is 2. The van der Waals surface area contributed by atoms with Crippen LogP contribution in [0.1, 0.15) is 72.9 Å². The summed E-state index contributed by atoms with van der Waals surface area (Å²) in [4.78, 5) is 28.0. The third-order valence-corrected chi connectivity index (χ3v) is 11.0. The minimum Gasteiger partial charge on any atom is -0.491 e. The largest absolute Gasteiger partial charge is 0.491 e. The molecule has 1 fully saturated rings. The lowest BCUT2D eigenvalue weighted by atomic mass is 9.69. The van der Waals surface area contributed by atoms with Crippen LogP contribution < -0.4 is 14.4 Å². The molecule has 1 saturated carbocycles. The fourth-order valence-corrected chi connectivity index (χ4v) is 8.28. The first-order chi connectivity index (χ1) is 20.8. The van der Waals surface area contributed by atoms with E-state index in [0.29, 0.717) is 42.7 Å². The zero-order valence-electron chi connectivity index (χ0n) is 24.9. The predicted octanol–water partition coefficient (Wildman–Crippen LogP) is 6.50. The van der Waals surface area contributed by atoms with Crippen molar-refractivity contribution in [1.29, 1.82) is 0 Å². The summed E-state index contributed by atoms with van der Waals surface area (Å²) in [5, 5.41) is 0.724. The van der Waals surface area contributed by atoms with Crippen LogP contribution in [0.5, 0.6) is 5.75 Å². The zero-order chi connectivity index (χ0) is 30.4. The molecule has 2 bridgehead atoms. The Kier molecular flexibility index (Phi) is 10.5. The van der Waals surface area contributed by atoms with Crippen molar-refractivity contribution in [2.45, 2.75) is 70.4 Å². The van der Waals surface area contributed by atoms with E-state index < -0.39 is 21.7 Å². The summed E-state index contributed by atoms with van der Waals surface area (Å²) in [6.45, 7) is 5.43. The number of anilines is 1. The number of ether oxygens (including phenoxy) is 2. The molecule has 1 unspecified atom stereocenters. The van der Waals surface area contributed by atoms with Crippen molar-refractivity contribution in [2.24, 2.45) is 16.2 Å². The van der Waals surface area contributed by atoms with Crippen LogP contribution in [-0.4, -0.2) is 48.1 Å². The molecule has 1 N–H and O–H groups in total. The van der Waals surface area contributed by atoms with Gasteiger partial charge in [0, 0.05) is 30.8 Å². The van der Waals surface area contributed by atoms with Crippen LogP contribution in [0, 0.1) is 11.8 Å². The van der Waals surface area contributed by atoms with Gasteiger partial charge in [-0.1, -0.05) is 37.1 Å². The Bertz CT molecular complexity index is 1470. The first-order valence-electron chi connectivity index (χ1n) is 15.3. The van der Waals surface area contributed by atoms with E-state index >= 15 is 0 Å². The van der Waals surface area contributed by atoms with Gasteiger partial charge in [-0.25, -0.2) is 4.21 Å². The van der Waals surface area contributed by atoms with E-state index in [1.807, 2.05) is 12.1 Å². The second kappa shape index (κ2) is 14.3. The van der Waals surface area contributed by atoms with Crippen molar-refractivity contribution in [3.05, 3.63) is 70.8 Å². The van der Waals surface area contributed by atoms with E-state index in [0.717, 1.165) is 74.7 Å². The number of methoxy groups -OCH3 is 1. The Balaban J connectivity index is 1.61. The van der Waals surface area contributed by atoms with Crippen LogP contribution in [0.25, 0.3) is 0 Å². The second-order valence-electron chi connectivity index (χ2n) is 11.8. The third kappa shape index (κ3) is 7.80. The maximum absolute atomic E-state index is 13.8. The second-order valence-corrected chi connectivity index (χ2v) is 14.3. The smallest absolute Gasteiger partial charge is 0.286 e. The lowest BCUT2D eigenvalue weighted by Crippen LogP contribution is -2.44. The topological polar surface area (TPSA) is 97.3 Å². The van der Waals surface area contributed by atoms with Crippen molar-refractivity contribution in [1.82, 2.24) is 4.72 Å². The molecule has 3 aliphatic rings. The predicted molar refractivity (Wildman–Crippen MR) is 171 cm³/mol. The maximum Gasteiger partial charge on any atom is 0.286 e. The van der Waals surface area contributed by atoms with E-state index in [-0.39, 0.29) is 11.9 Å². The number of benzene rings is 2. The lowest BCUT2D eigenvalue weighted by molar-refractivity contribution is -0.114. The third-order valence-electron chi connectivity index (χ3n) is 8.97. The van der Waals surface area contributed by atoms with Crippen molar-refractivity contribution in [3.8, 4) is 5.75 Å². The number of carbonyl (C=O) groups is 2. The quantitative estimate of drug-likeness (QED) is 0.390. The fraction of sp³-hybridized carbons (Fsp3) is 0.515. The monoisotopic (exact) mass is 627 g/mol. The Morgan fingerprint density at radius 3 is 2.74 bits per heavy atom. The molecule has 2 aromatic rings. The average molecular weight is 628 g/mol. The SMILES string of the molecule is C=CC(=O)NS1(=O)=NC(=O)c2ccc3c(c2)N(Cc2ccc(Cl)cc2CCCCO3)C[C@@H]2CC[C@H]2[C@@H](OC)CCCCC1. The molecule has 2 amide bonds. The average Bonchev–Trinajstić information content (AvgIpc) is 3.00. The minimum absolute atomic E-state index is 0.0849. The number of carbonyl (C=O) groups excluding carboxylic acids is 2. The normalized spacial score (nSPS) is 26.7. The number of fused-ring (bicyclic) bond motifs is 3. The highest BCUT2D eigenvalue weighted by Crippen LogP contribution is 2.42. The molecule has 2 aliphatic heterocycles. The minimum atomic E-state index is -3.35. The number of hydrogen-bond acceptors (Lipinski definition) is 6. The van der Waals surface area contributed by atoms with Gasteiger partial charge in [-0.3, -0.25) is 14.3 Å². The first-order valence-corrected chi connectivity index (χ1v) is 17.4. The van der Waals surface area contributed by atoms with E-state index in [4.69, 9.17) is 21.1 Å². The summed E-state index contributed by atoms with van der Waals surface area (Å²) in [5.41, 5.74) is 3.52. The van der Waals surface area contributed by atoms with Gasteiger partial charge in [0.25, 0.3) is 11.8 Å². The molecule has 232 valence electrons. The fourth-order valence-electron chi connectivity index (χ4n) is 6.48. The maximum atomic E-state index is 13.8. The molecule has 1 aliphatic carbocycles. The molecule has 2 aromatic carbocycles. The molecule has 4 atom stereocenters. The van der Waals surface area contributed by atoms with Gasteiger partial charge in [0.1, 0.15) is 15.7 Å². The molecule has 0 spiro atoms. The molecule has 43 heavy (non-hydrogen) atoms. The van der Waals surface area contributed by atoms with E-state index in [1.165, 1.54) is 11.1 Å². The van der Waals surface area contributed by atoms with Crippen molar-refractivity contribution < 1.29 is 23.3 Å². The van der Waals surface area contributed by atoms with Gasteiger partial charge in [0.2, 0.25) is 0 Å². The van der Waals surface area contributed by atoms with Gasteiger partial charge in [-0.15, -0.1) is 4.36 Å². The molecule has 2 heterocycles. The number of rotatable bonds is 3. The van der Waals surface area contributed by atoms with Crippen LogP contribution in [-0.2, 0) is 32.4 Å². The van der Waals surface area contributed by atoms with Gasteiger partial charge in [0.05, 0.1) is 24.2 Å². The summed E-state index contributed by atoms with van der Waals surface area (Å²) in [6.07, 6.45) is 9.34. The van der Waals surface area contributed by atoms with E-state index in [1.54, 1.807) is 19.2 Å². The van der Waals surface area contributed by atoms with E-state index in [9.17, 15) is 13.8 Å². The molecule has 0 saturated heterocycles. The highest BCUT2D eigenvalue weighted by atomic mass is 35.5. The van der Waals surface area contributed by atoms with Crippen LogP contribution in [0.2, 0.25) is 5.02 Å². The lowest BCUT2D eigenvalue weighted by Gasteiger charge is -2.44. The highest BCUT2D eigenvalue weighted by Gasteiger charge is 2.38. The summed E-state index contributed by atoms with van der Waals surface area (Å²) >= 11 is 6.42. The molecular weight excluding hydrogens is 586 g/mol. The zero-order valence-corrected chi connectivity index (χ0v) is 26.5. The van der Waals surface area contributed by atoms with E-state index in [2.05, 4.69) is 32.7 Å². The molecule has 0 aromatic heterocycles. The molecule has 10 heteroatoms. The van der Waals surface area contributed by atoms with Crippen molar-refractivity contribution >= 4 is 39.0 Å². The number of nitrogens with one attached hydrogen (secondary N) is 1. The van der Waals surface area contributed by atoms with Crippen LogP contribution in [0.4, 0.5) is 5.69 Å². The number of nitrogens with zero attached hydrogens (tertiary/aromatic N) is 2. The Hall–Kier alpha value is -2.88. The van der Waals surface area contributed by atoms with Crippen molar-refractivity contribution in [3.63, 3.8) is 0 Å². The van der Waals surface area contributed by atoms with Gasteiger partial charge in [0.15, 0.2) is 0 Å². The van der Waals surface area contributed by atoms with Gasteiger partial charge in [-0.2, -0.15) is 0 Å². The molecule has 8 nitrogen and oxygen atoms in total. The molecule has 5 rings (SSSR count). The van der Waals surface area contributed by atoms with Crippen LogP contribution >= 0.6 is 11.6 Å². The Morgan fingerprint density at radius 1 is 1.12 bits per heavy atom. The summed E-state index contributed by atoms with van der Waals surface area (Å²) in [7, 11) is -1.55. The number of halogens is 1. The first kappa shape index (κ1) is 31.5. The summed E-state index contributed by atoms with van der Waals surface area (Å²) in [6, 6.07) is 11.4. The van der Waals surface area contributed by atoms with Crippen LogP contribution in [0.3, 0.4) is 0 Å². The Labute approximate surface area is 260 Å². The standard InChI is InChI=1S/C33H42ClN3O5S/c1-3-32(38)35-43(40)18-8-4-5-10-30(41-2)28-15-12-26(28)22-37-21-25-11-14-27(34)19-23(25)9-6-7-17-42-31-16-13-24(20-29(31)37)33(39)36-43/h3,11,13-14,16,19-20,26,28,30H,1,4-10,12,15,17-18,21-22H2,2H3,(H,35,36,38,39,40)/t26-,28+,30-,43?/m0/s1. The number of hydrogen-bond donors (Lipinski definition) is 1. The van der Waals surface area contributed by atoms with Crippen molar-refractivity contribution in [2.75, 3.05) is 30.9 Å². The summed E-state index contributed by atoms with van der Waals surface area (Å²) in [5.74, 6) is 0.402. The Morgan fingerprint density at radius 2 is 1.98 bits per heavy atom. The highest BCUT2D eigenvalue weighted by molar-refractivity contribution is 7.92. The number of aryl methyl sites for hydroxylation is 1. The van der Waals surface area contributed by atoms with Crippen LogP contribution in [0.15, 0.2) is 53.4 Å². The van der Waals surface area contributed by atoms with Gasteiger partial charge < -0.3 is 14.4 Å². The molecule has 0 radical (unpaired) electrons. The van der Waals surface area contributed by atoms with Gasteiger partial charge >= 0.3 is 0 Å². The van der Waals surface area contributed by atoms with Gasteiger partial charge in [-0.05, 0) is 104 Å². The molecular formula is C33H42ClN3O5S.